The topological polar surface area (TPSA) is 54.0 Å². The van der Waals surface area contributed by atoms with Crippen LogP contribution in [-0.2, 0) is 4.79 Å². The van der Waals surface area contributed by atoms with E-state index < -0.39 is 0 Å². The first-order valence-electron chi connectivity index (χ1n) is 6.56. The number of benzene rings is 1. The van der Waals surface area contributed by atoms with Crippen LogP contribution >= 0.6 is 0 Å². The fourth-order valence-electron chi connectivity index (χ4n) is 2.12. The average Bonchev–Trinajstić information content (AvgIpc) is 2.39. The molecule has 4 heteroatoms. The molecular formula is C15H19N3O. The highest BCUT2D eigenvalue weighted by Gasteiger charge is 2.09. The minimum absolute atomic E-state index is 0.0183. The van der Waals surface area contributed by atoms with Crippen molar-refractivity contribution in [1.29, 1.82) is 0 Å². The molecule has 2 rings (SSSR count). The summed E-state index contributed by atoms with van der Waals surface area (Å²) in [5, 5.41) is 8.22. The number of amides is 1. The minimum atomic E-state index is 0.0183. The molecule has 0 bridgehead atoms. The second kappa shape index (κ2) is 6.29. The number of hydrogen-bond donors (Lipinski definition) is 2. The summed E-state index contributed by atoms with van der Waals surface area (Å²) in [6.45, 7) is 4.91. The van der Waals surface area contributed by atoms with E-state index in [1.165, 1.54) is 0 Å². The highest BCUT2D eigenvalue weighted by Crippen LogP contribution is 2.22. The van der Waals surface area contributed by atoms with Crippen molar-refractivity contribution >= 4 is 22.4 Å². The Kier molecular flexibility index (Phi) is 4.47. The predicted molar refractivity (Wildman–Crippen MR) is 78.1 cm³/mol. The maximum Gasteiger partial charge on any atom is 0.225 e. The van der Waals surface area contributed by atoms with Gasteiger partial charge in [0.25, 0.3) is 0 Å². The van der Waals surface area contributed by atoms with E-state index in [0.29, 0.717) is 6.42 Å². The Morgan fingerprint density at radius 1 is 1.37 bits per heavy atom. The van der Waals surface area contributed by atoms with Crippen LogP contribution in [0.4, 0.5) is 5.69 Å². The van der Waals surface area contributed by atoms with Crippen LogP contribution in [0.5, 0.6) is 0 Å². The Morgan fingerprint density at radius 3 is 3.00 bits per heavy atom. The van der Waals surface area contributed by atoms with E-state index in [9.17, 15) is 4.79 Å². The molecular weight excluding hydrogens is 238 g/mol. The third-order valence-electron chi connectivity index (χ3n) is 3.00. The molecule has 0 aliphatic rings. The molecule has 4 nitrogen and oxygen atoms in total. The maximum absolute atomic E-state index is 12.0. The first kappa shape index (κ1) is 13.5. The molecule has 19 heavy (non-hydrogen) atoms. The van der Waals surface area contributed by atoms with Crippen molar-refractivity contribution in [2.75, 3.05) is 11.9 Å². The van der Waals surface area contributed by atoms with Gasteiger partial charge in [-0.15, -0.1) is 0 Å². The Labute approximate surface area is 113 Å². The van der Waals surface area contributed by atoms with Gasteiger partial charge in [-0.1, -0.05) is 19.1 Å². The smallest absolute Gasteiger partial charge is 0.225 e. The molecule has 1 aromatic carbocycles. The zero-order valence-electron chi connectivity index (χ0n) is 11.3. The van der Waals surface area contributed by atoms with Crippen molar-refractivity contribution in [2.45, 2.75) is 26.3 Å². The Hall–Kier alpha value is -1.94. The number of carbonyl (C=O) groups is 1. The Morgan fingerprint density at radius 2 is 2.21 bits per heavy atom. The second-order valence-electron chi connectivity index (χ2n) is 4.61. The van der Waals surface area contributed by atoms with E-state index >= 15 is 0 Å². The van der Waals surface area contributed by atoms with Gasteiger partial charge in [-0.3, -0.25) is 9.78 Å². The Balaban J connectivity index is 2.11. The second-order valence-corrected chi connectivity index (χ2v) is 4.61. The van der Waals surface area contributed by atoms with Crippen LogP contribution in [0.3, 0.4) is 0 Å². The summed E-state index contributed by atoms with van der Waals surface area (Å²) >= 11 is 0. The molecule has 1 heterocycles. The maximum atomic E-state index is 12.0. The van der Waals surface area contributed by atoms with E-state index in [0.717, 1.165) is 23.0 Å². The lowest BCUT2D eigenvalue weighted by atomic mass is 10.1. The lowest BCUT2D eigenvalue weighted by Crippen LogP contribution is -2.30. The molecule has 0 radical (unpaired) electrons. The highest BCUT2D eigenvalue weighted by molar-refractivity contribution is 6.01. The van der Waals surface area contributed by atoms with Crippen LogP contribution in [0.2, 0.25) is 0 Å². The molecule has 0 saturated heterocycles. The van der Waals surface area contributed by atoms with Gasteiger partial charge >= 0.3 is 0 Å². The number of fused-ring (bicyclic) bond motifs is 1. The zero-order chi connectivity index (χ0) is 13.7. The summed E-state index contributed by atoms with van der Waals surface area (Å²) in [5.74, 6) is 0.0183. The van der Waals surface area contributed by atoms with Gasteiger partial charge in [-0.2, -0.15) is 0 Å². The average molecular weight is 257 g/mol. The van der Waals surface area contributed by atoms with Gasteiger partial charge in [-0.25, -0.2) is 0 Å². The van der Waals surface area contributed by atoms with E-state index in [1.807, 2.05) is 38.1 Å². The lowest BCUT2D eigenvalue weighted by Gasteiger charge is -2.13. The van der Waals surface area contributed by atoms with Gasteiger partial charge in [0.05, 0.1) is 5.69 Å². The number of hydrogen-bond acceptors (Lipinski definition) is 3. The van der Waals surface area contributed by atoms with Crippen LogP contribution in [0.25, 0.3) is 10.8 Å². The standard InChI is InChI=1S/C15H19N3O/c1-3-17-11(2)9-15(19)18-14-6-4-5-12-7-8-16-10-13(12)14/h4-8,10-11,17H,3,9H2,1-2H3,(H,18,19). The van der Waals surface area contributed by atoms with Gasteiger partial charge in [0.2, 0.25) is 5.91 Å². The number of aromatic nitrogens is 1. The fourth-order valence-corrected chi connectivity index (χ4v) is 2.12. The van der Waals surface area contributed by atoms with E-state index in [4.69, 9.17) is 0 Å². The third-order valence-corrected chi connectivity index (χ3v) is 3.00. The zero-order valence-corrected chi connectivity index (χ0v) is 11.3. The predicted octanol–water partition coefficient (Wildman–Crippen LogP) is 2.56. The quantitative estimate of drug-likeness (QED) is 0.865. The van der Waals surface area contributed by atoms with Gasteiger partial charge in [0.1, 0.15) is 0 Å². The molecule has 0 spiro atoms. The van der Waals surface area contributed by atoms with Crippen molar-refractivity contribution in [3.63, 3.8) is 0 Å². The molecule has 1 atom stereocenters. The summed E-state index contributed by atoms with van der Waals surface area (Å²) in [6.07, 6.45) is 3.99. The molecule has 1 aromatic heterocycles. The first-order valence-corrected chi connectivity index (χ1v) is 6.56. The van der Waals surface area contributed by atoms with Crippen molar-refractivity contribution in [1.82, 2.24) is 10.3 Å². The number of anilines is 1. The molecule has 2 N–H and O–H groups in total. The number of pyridine rings is 1. The lowest BCUT2D eigenvalue weighted by molar-refractivity contribution is -0.116. The summed E-state index contributed by atoms with van der Waals surface area (Å²) in [5.41, 5.74) is 0.819. The molecule has 1 unspecified atom stereocenters. The van der Waals surface area contributed by atoms with E-state index in [1.54, 1.807) is 12.4 Å². The largest absolute Gasteiger partial charge is 0.325 e. The van der Waals surface area contributed by atoms with Crippen molar-refractivity contribution < 1.29 is 4.79 Å². The molecule has 0 aliphatic carbocycles. The van der Waals surface area contributed by atoms with Gasteiger partial charge in [0, 0.05) is 30.2 Å². The number of carbonyl (C=O) groups excluding carboxylic acids is 1. The van der Waals surface area contributed by atoms with Crippen molar-refractivity contribution in [2.24, 2.45) is 0 Å². The Bertz CT molecular complexity index is 563. The van der Waals surface area contributed by atoms with Crippen LogP contribution in [0.15, 0.2) is 36.7 Å². The van der Waals surface area contributed by atoms with E-state index in [-0.39, 0.29) is 11.9 Å². The molecule has 1 amide bonds. The highest BCUT2D eigenvalue weighted by atomic mass is 16.1. The monoisotopic (exact) mass is 257 g/mol. The fraction of sp³-hybridized carbons (Fsp3) is 0.333. The van der Waals surface area contributed by atoms with Crippen molar-refractivity contribution in [3.05, 3.63) is 36.7 Å². The normalized spacial score (nSPS) is 12.3. The number of nitrogens with zero attached hydrogens (tertiary/aromatic N) is 1. The summed E-state index contributed by atoms with van der Waals surface area (Å²) in [7, 11) is 0. The van der Waals surface area contributed by atoms with Crippen LogP contribution in [0.1, 0.15) is 20.3 Å². The molecule has 0 aliphatic heterocycles. The molecule has 2 aromatic rings. The summed E-state index contributed by atoms with van der Waals surface area (Å²) < 4.78 is 0. The van der Waals surface area contributed by atoms with Gasteiger partial charge < -0.3 is 10.6 Å². The summed E-state index contributed by atoms with van der Waals surface area (Å²) in [4.78, 5) is 16.1. The van der Waals surface area contributed by atoms with E-state index in [2.05, 4.69) is 15.6 Å². The number of rotatable bonds is 5. The van der Waals surface area contributed by atoms with Crippen molar-refractivity contribution in [3.8, 4) is 0 Å². The van der Waals surface area contributed by atoms with Gasteiger partial charge in [-0.05, 0) is 31.0 Å². The minimum Gasteiger partial charge on any atom is -0.325 e. The molecule has 0 fully saturated rings. The summed E-state index contributed by atoms with van der Waals surface area (Å²) in [6, 6.07) is 7.96. The van der Waals surface area contributed by atoms with Crippen LogP contribution in [-0.4, -0.2) is 23.5 Å². The van der Waals surface area contributed by atoms with Gasteiger partial charge in [0.15, 0.2) is 0 Å². The SMILES string of the molecule is CCNC(C)CC(=O)Nc1cccc2ccncc12. The first-order chi connectivity index (χ1) is 9.20. The number of nitrogens with one attached hydrogen (secondary N) is 2. The third kappa shape index (κ3) is 3.51. The van der Waals surface area contributed by atoms with Crippen LogP contribution in [0, 0.1) is 0 Å². The molecule has 100 valence electrons. The van der Waals surface area contributed by atoms with Crippen LogP contribution < -0.4 is 10.6 Å². The molecule has 0 saturated carbocycles.